The highest BCUT2D eigenvalue weighted by Gasteiger charge is 2.34. The first kappa shape index (κ1) is 8.53. The highest BCUT2D eigenvalue weighted by molar-refractivity contribution is 5.76. The predicted octanol–water partition coefficient (Wildman–Crippen LogP) is 1.42. The van der Waals surface area contributed by atoms with E-state index in [1.807, 2.05) is 0 Å². The van der Waals surface area contributed by atoms with Crippen LogP contribution in [0.3, 0.4) is 0 Å². The maximum Gasteiger partial charge on any atom is 0.335 e. The van der Waals surface area contributed by atoms with Crippen molar-refractivity contribution in [3.05, 3.63) is 0 Å². The normalized spacial score (nSPS) is 32.8. The van der Waals surface area contributed by atoms with Gasteiger partial charge in [0.15, 0.2) is 5.60 Å². The average molecular weight is 158 g/mol. The van der Waals surface area contributed by atoms with Crippen molar-refractivity contribution < 1.29 is 14.6 Å². The Labute approximate surface area is 66.4 Å². The Morgan fingerprint density at radius 1 is 1.45 bits per heavy atom. The van der Waals surface area contributed by atoms with Crippen molar-refractivity contribution in [2.75, 3.05) is 6.61 Å². The van der Waals surface area contributed by atoms with E-state index in [1.165, 1.54) is 0 Å². The van der Waals surface area contributed by atoms with Crippen molar-refractivity contribution in [2.24, 2.45) is 0 Å². The molecule has 1 fully saturated rings. The van der Waals surface area contributed by atoms with E-state index < -0.39 is 11.6 Å². The monoisotopic (exact) mass is 158 g/mol. The van der Waals surface area contributed by atoms with Crippen LogP contribution in [-0.4, -0.2) is 23.3 Å². The number of hydrogen-bond acceptors (Lipinski definition) is 2. The van der Waals surface area contributed by atoms with Crippen LogP contribution in [0.1, 0.15) is 32.6 Å². The Balaban J connectivity index is 2.59. The summed E-state index contributed by atoms with van der Waals surface area (Å²) in [5, 5.41) is 8.80. The second kappa shape index (κ2) is 3.22. The lowest BCUT2D eigenvalue weighted by Gasteiger charge is -2.22. The molecule has 0 aromatic rings. The first-order valence-electron chi connectivity index (χ1n) is 4.02. The predicted molar refractivity (Wildman–Crippen MR) is 40.5 cm³/mol. The molecule has 1 heterocycles. The zero-order chi connectivity index (χ0) is 8.32. The fourth-order valence-corrected chi connectivity index (χ4v) is 1.28. The molecule has 0 aromatic heterocycles. The number of rotatable bonds is 1. The molecule has 1 N–H and O–H groups in total. The fraction of sp³-hybridized carbons (Fsp3) is 0.875. The van der Waals surface area contributed by atoms with E-state index in [0.717, 1.165) is 19.3 Å². The molecular weight excluding hydrogens is 144 g/mol. The molecule has 1 saturated heterocycles. The van der Waals surface area contributed by atoms with Gasteiger partial charge in [-0.05, 0) is 26.2 Å². The maximum atomic E-state index is 10.7. The minimum absolute atomic E-state index is 0.586. The minimum atomic E-state index is -0.920. The SMILES string of the molecule is C[C@]1(C(=O)O)CCCCCO1. The summed E-state index contributed by atoms with van der Waals surface area (Å²) < 4.78 is 5.25. The minimum Gasteiger partial charge on any atom is -0.479 e. The zero-order valence-corrected chi connectivity index (χ0v) is 6.80. The van der Waals surface area contributed by atoms with E-state index in [9.17, 15) is 4.79 Å². The van der Waals surface area contributed by atoms with Gasteiger partial charge in [-0.1, -0.05) is 6.42 Å². The second-order valence-electron chi connectivity index (χ2n) is 3.20. The third kappa shape index (κ3) is 1.93. The molecule has 0 unspecified atom stereocenters. The summed E-state index contributed by atoms with van der Waals surface area (Å²) in [5.74, 6) is -0.834. The van der Waals surface area contributed by atoms with Crippen molar-refractivity contribution >= 4 is 5.97 Å². The van der Waals surface area contributed by atoms with Gasteiger partial charge in [-0.2, -0.15) is 0 Å². The number of hydrogen-bond donors (Lipinski definition) is 1. The van der Waals surface area contributed by atoms with Crippen LogP contribution < -0.4 is 0 Å². The van der Waals surface area contributed by atoms with Crippen molar-refractivity contribution in [1.82, 2.24) is 0 Å². The van der Waals surface area contributed by atoms with Gasteiger partial charge in [0.25, 0.3) is 0 Å². The van der Waals surface area contributed by atoms with E-state index in [4.69, 9.17) is 9.84 Å². The second-order valence-corrected chi connectivity index (χ2v) is 3.20. The Morgan fingerprint density at radius 2 is 2.18 bits per heavy atom. The van der Waals surface area contributed by atoms with Gasteiger partial charge in [0.2, 0.25) is 0 Å². The Hall–Kier alpha value is -0.570. The zero-order valence-electron chi connectivity index (χ0n) is 6.80. The maximum absolute atomic E-state index is 10.7. The third-order valence-electron chi connectivity index (χ3n) is 2.17. The lowest BCUT2D eigenvalue weighted by atomic mass is 10.00. The standard InChI is InChI=1S/C8H14O3/c1-8(7(9)10)5-3-2-4-6-11-8/h2-6H2,1H3,(H,9,10)/t8-/m1/s1. The quantitative estimate of drug-likeness (QED) is 0.627. The molecule has 1 atom stereocenters. The van der Waals surface area contributed by atoms with Gasteiger partial charge >= 0.3 is 5.97 Å². The van der Waals surface area contributed by atoms with Crippen LogP contribution in [0.15, 0.2) is 0 Å². The van der Waals surface area contributed by atoms with E-state index in [1.54, 1.807) is 6.92 Å². The van der Waals surface area contributed by atoms with Gasteiger partial charge < -0.3 is 9.84 Å². The van der Waals surface area contributed by atoms with Gasteiger partial charge in [0.05, 0.1) is 0 Å². The third-order valence-corrected chi connectivity index (χ3v) is 2.17. The molecular formula is C8H14O3. The molecule has 1 rings (SSSR count). The number of aliphatic carboxylic acids is 1. The van der Waals surface area contributed by atoms with E-state index in [-0.39, 0.29) is 0 Å². The average Bonchev–Trinajstić information content (AvgIpc) is 2.15. The van der Waals surface area contributed by atoms with Crippen molar-refractivity contribution in [3.63, 3.8) is 0 Å². The number of carbonyl (C=O) groups is 1. The molecule has 0 bridgehead atoms. The fourth-order valence-electron chi connectivity index (χ4n) is 1.28. The van der Waals surface area contributed by atoms with Crippen molar-refractivity contribution in [2.45, 2.75) is 38.2 Å². The molecule has 0 spiro atoms. The van der Waals surface area contributed by atoms with Crippen molar-refractivity contribution in [3.8, 4) is 0 Å². The smallest absolute Gasteiger partial charge is 0.335 e. The number of carboxylic acid groups (broad SMARTS) is 1. The first-order chi connectivity index (χ1) is 5.15. The van der Waals surface area contributed by atoms with Crippen LogP contribution in [0, 0.1) is 0 Å². The van der Waals surface area contributed by atoms with Crippen LogP contribution in [-0.2, 0) is 9.53 Å². The van der Waals surface area contributed by atoms with Gasteiger partial charge in [-0.15, -0.1) is 0 Å². The molecule has 0 radical (unpaired) electrons. The Morgan fingerprint density at radius 3 is 2.82 bits per heavy atom. The Kier molecular flexibility index (Phi) is 2.49. The highest BCUT2D eigenvalue weighted by atomic mass is 16.5. The van der Waals surface area contributed by atoms with Crippen LogP contribution in [0.5, 0.6) is 0 Å². The summed E-state index contributed by atoms with van der Waals surface area (Å²) in [4.78, 5) is 10.7. The molecule has 1 aliphatic rings. The molecule has 64 valence electrons. The van der Waals surface area contributed by atoms with Gasteiger partial charge in [0.1, 0.15) is 0 Å². The summed E-state index contributed by atoms with van der Waals surface area (Å²) in [6.45, 7) is 2.24. The molecule has 0 aliphatic carbocycles. The lowest BCUT2D eigenvalue weighted by molar-refractivity contribution is -0.163. The van der Waals surface area contributed by atoms with Crippen LogP contribution in [0.25, 0.3) is 0 Å². The summed E-state index contributed by atoms with van der Waals surface area (Å²) in [6.07, 6.45) is 3.68. The van der Waals surface area contributed by atoms with E-state index in [2.05, 4.69) is 0 Å². The summed E-state index contributed by atoms with van der Waals surface area (Å²) >= 11 is 0. The van der Waals surface area contributed by atoms with Crippen LogP contribution in [0.2, 0.25) is 0 Å². The summed E-state index contributed by atoms with van der Waals surface area (Å²) in [7, 11) is 0. The van der Waals surface area contributed by atoms with E-state index in [0.29, 0.717) is 13.0 Å². The van der Waals surface area contributed by atoms with E-state index >= 15 is 0 Å². The van der Waals surface area contributed by atoms with Gasteiger partial charge in [0, 0.05) is 6.61 Å². The number of ether oxygens (including phenoxy) is 1. The lowest BCUT2D eigenvalue weighted by Crippen LogP contribution is -2.37. The molecule has 0 saturated carbocycles. The number of carboxylic acids is 1. The Bertz CT molecular complexity index is 145. The van der Waals surface area contributed by atoms with Crippen LogP contribution in [0.4, 0.5) is 0 Å². The summed E-state index contributed by atoms with van der Waals surface area (Å²) in [5.41, 5.74) is -0.920. The molecule has 11 heavy (non-hydrogen) atoms. The molecule has 3 nitrogen and oxygen atoms in total. The summed E-state index contributed by atoms with van der Waals surface area (Å²) in [6, 6.07) is 0. The first-order valence-corrected chi connectivity index (χ1v) is 4.02. The molecule has 0 amide bonds. The van der Waals surface area contributed by atoms with Crippen LogP contribution >= 0.6 is 0 Å². The van der Waals surface area contributed by atoms with Crippen molar-refractivity contribution in [1.29, 1.82) is 0 Å². The largest absolute Gasteiger partial charge is 0.479 e. The van der Waals surface area contributed by atoms with Gasteiger partial charge in [-0.25, -0.2) is 4.79 Å². The molecule has 3 heteroatoms. The van der Waals surface area contributed by atoms with Gasteiger partial charge in [-0.3, -0.25) is 0 Å². The highest BCUT2D eigenvalue weighted by Crippen LogP contribution is 2.23. The molecule has 0 aromatic carbocycles. The topological polar surface area (TPSA) is 46.5 Å². The molecule has 1 aliphatic heterocycles.